The van der Waals surface area contributed by atoms with Crippen molar-refractivity contribution in [3.05, 3.63) is 77.9 Å². The van der Waals surface area contributed by atoms with E-state index in [-0.39, 0.29) is 19.3 Å². The van der Waals surface area contributed by atoms with Crippen LogP contribution in [0.15, 0.2) is 66.7 Å². The van der Waals surface area contributed by atoms with E-state index >= 15 is 0 Å². The molecule has 6 heteroatoms. The van der Waals surface area contributed by atoms with Crippen molar-refractivity contribution in [3.8, 4) is 23.0 Å². The predicted octanol–water partition coefficient (Wildman–Crippen LogP) is 4.10. The minimum absolute atomic E-state index is 0.156. The molecule has 2 heterocycles. The molecule has 0 spiro atoms. The minimum atomic E-state index is -0.728. The fourth-order valence-electron chi connectivity index (χ4n) is 3.68. The predicted molar refractivity (Wildman–Crippen MR) is 111 cm³/mol. The smallest absolute Gasteiger partial charge is 0.271 e. The standard InChI is InChI=1S/C24H21NO5/c1-16-6-2-3-7-18(16)25(13-17-10-11-20-22(12-17)29-15-28-20)24(26)23-14-27-19-8-4-5-9-21(19)30-23/h2-12,23H,13-15H2,1H3/t23-/m0/s1. The SMILES string of the molecule is Cc1ccccc1N(Cc1ccc2c(c1)OCO2)C(=O)[C@@H]1COc2ccccc2O1. The molecule has 5 rings (SSSR count). The summed E-state index contributed by atoms with van der Waals surface area (Å²) in [6.07, 6.45) is -0.728. The monoisotopic (exact) mass is 403 g/mol. The molecule has 1 amide bonds. The molecule has 0 aliphatic carbocycles. The van der Waals surface area contributed by atoms with Crippen molar-refractivity contribution >= 4 is 11.6 Å². The molecular formula is C24H21NO5. The van der Waals surface area contributed by atoms with Crippen molar-refractivity contribution in [1.82, 2.24) is 0 Å². The lowest BCUT2D eigenvalue weighted by Crippen LogP contribution is -2.46. The summed E-state index contributed by atoms with van der Waals surface area (Å²) in [4.78, 5) is 15.3. The Morgan fingerprint density at radius 3 is 2.50 bits per heavy atom. The Hall–Kier alpha value is -3.67. The number of carbonyl (C=O) groups excluding carboxylic acids is 1. The van der Waals surface area contributed by atoms with Gasteiger partial charge in [0.05, 0.1) is 6.54 Å². The molecule has 1 atom stereocenters. The Balaban J connectivity index is 1.46. The van der Waals surface area contributed by atoms with Crippen LogP contribution in [0.4, 0.5) is 5.69 Å². The fraction of sp³-hybridized carbons (Fsp3) is 0.208. The van der Waals surface area contributed by atoms with Crippen molar-refractivity contribution in [2.45, 2.75) is 19.6 Å². The van der Waals surface area contributed by atoms with E-state index < -0.39 is 6.10 Å². The molecule has 3 aromatic carbocycles. The molecule has 2 aliphatic rings. The first-order chi connectivity index (χ1) is 14.7. The second kappa shape index (κ2) is 7.63. The number of para-hydroxylation sites is 3. The summed E-state index contributed by atoms with van der Waals surface area (Å²) in [7, 11) is 0. The normalized spacial score (nSPS) is 16.2. The molecule has 3 aromatic rings. The van der Waals surface area contributed by atoms with Crippen molar-refractivity contribution < 1.29 is 23.7 Å². The van der Waals surface area contributed by atoms with Gasteiger partial charge in [-0.1, -0.05) is 36.4 Å². The number of benzene rings is 3. The van der Waals surface area contributed by atoms with Crippen LogP contribution < -0.4 is 23.8 Å². The van der Waals surface area contributed by atoms with Gasteiger partial charge in [-0.3, -0.25) is 4.79 Å². The van der Waals surface area contributed by atoms with Gasteiger partial charge in [-0.2, -0.15) is 0 Å². The van der Waals surface area contributed by atoms with E-state index in [1.54, 1.807) is 4.90 Å². The van der Waals surface area contributed by atoms with Crippen LogP contribution in [0.5, 0.6) is 23.0 Å². The lowest BCUT2D eigenvalue weighted by Gasteiger charge is -2.31. The van der Waals surface area contributed by atoms with E-state index in [1.807, 2.05) is 73.7 Å². The Morgan fingerprint density at radius 2 is 1.63 bits per heavy atom. The zero-order valence-corrected chi connectivity index (χ0v) is 16.5. The van der Waals surface area contributed by atoms with Crippen LogP contribution in [0.1, 0.15) is 11.1 Å². The maximum Gasteiger partial charge on any atom is 0.271 e. The topological polar surface area (TPSA) is 57.2 Å². The van der Waals surface area contributed by atoms with Crippen molar-refractivity contribution in [1.29, 1.82) is 0 Å². The molecule has 0 N–H and O–H groups in total. The largest absolute Gasteiger partial charge is 0.485 e. The van der Waals surface area contributed by atoms with Gasteiger partial charge in [-0.25, -0.2) is 0 Å². The van der Waals surface area contributed by atoms with Gasteiger partial charge in [-0.05, 0) is 48.4 Å². The molecule has 0 radical (unpaired) electrons. The molecule has 0 saturated carbocycles. The van der Waals surface area contributed by atoms with E-state index in [4.69, 9.17) is 18.9 Å². The number of anilines is 1. The third-order valence-corrected chi connectivity index (χ3v) is 5.23. The molecule has 6 nitrogen and oxygen atoms in total. The fourth-order valence-corrected chi connectivity index (χ4v) is 3.68. The third kappa shape index (κ3) is 3.41. The highest BCUT2D eigenvalue weighted by Gasteiger charge is 2.32. The molecular weight excluding hydrogens is 382 g/mol. The lowest BCUT2D eigenvalue weighted by atomic mass is 10.1. The maximum absolute atomic E-state index is 13.6. The van der Waals surface area contributed by atoms with Crippen molar-refractivity contribution in [3.63, 3.8) is 0 Å². The maximum atomic E-state index is 13.6. The highest BCUT2D eigenvalue weighted by molar-refractivity contribution is 5.97. The van der Waals surface area contributed by atoms with Gasteiger partial charge in [0, 0.05) is 5.69 Å². The molecule has 0 saturated heterocycles. The number of fused-ring (bicyclic) bond motifs is 2. The molecule has 0 aromatic heterocycles. The van der Waals surface area contributed by atoms with Gasteiger partial charge in [0.2, 0.25) is 12.9 Å². The van der Waals surface area contributed by atoms with Gasteiger partial charge in [-0.15, -0.1) is 0 Å². The van der Waals surface area contributed by atoms with Gasteiger partial charge < -0.3 is 23.8 Å². The molecule has 152 valence electrons. The Morgan fingerprint density at radius 1 is 0.900 bits per heavy atom. The van der Waals surface area contributed by atoms with E-state index in [0.29, 0.717) is 29.5 Å². The van der Waals surface area contributed by atoms with E-state index in [9.17, 15) is 4.79 Å². The second-order valence-corrected chi connectivity index (χ2v) is 7.26. The van der Waals surface area contributed by atoms with Gasteiger partial charge in [0.25, 0.3) is 5.91 Å². The quantitative estimate of drug-likeness (QED) is 0.657. The zero-order chi connectivity index (χ0) is 20.5. The number of hydrogen-bond donors (Lipinski definition) is 0. The number of amides is 1. The average Bonchev–Trinajstić information content (AvgIpc) is 3.25. The van der Waals surface area contributed by atoms with Crippen molar-refractivity contribution in [2.24, 2.45) is 0 Å². The highest BCUT2D eigenvalue weighted by atomic mass is 16.7. The number of rotatable bonds is 4. The van der Waals surface area contributed by atoms with Crippen molar-refractivity contribution in [2.75, 3.05) is 18.3 Å². The molecule has 2 aliphatic heterocycles. The molecule has 30 heavy (non-hydrogen) atoms. The Labute approximate surface area is 174 Å². The summed E-state index contributed by atoms with van der Waals surface area (Å²) in [6, 6.07) is 20.9. The first-order valence-electron chi connectivity index (χ1n) is 9.83. The Bertz CT molecular complexity index is 1100. The van der Waals surface area contributed by atoms with Gasteiger partial charge in [0.15, 0.2) is 23.0 Å². The molecule has 0 bridgehead atoms. The van der Waals surface area contributed by atoms with E-state index in [0.717, 1.165) is 16.8 Å². The van der Waals surface area contributed by atoms with Crippen LogP contribution in [0.3, 0.4) is 0 Å². The Kier molecular flexibility index (Phi) is 4.67. The van der Waals surface area contributed by atoms with Crippen LogP contribution in [-0.2, 0) is 11.3 Å². The lowest BCUT2D eigenvalue weighted by molar-refractivity contribution is -0.127. The molecule has 0 fully saturated rings. The summed E-state index contributed by atoms with van der Waals surface area (Å²) in [5.41, 5.74) is 2.78. The number of ether oxygens (including phenoxy) is 4. The summed E-state index contributed by atoms with van der Waals surface area (Å²) < 4.78 is 22.7. The summed E-state index contributed by atoms with van der Waals surface area (Å²) in [5.74, 6) is 2.48. The third-order valence-electron chi connectivity index (χ3n) is 5.23. The number of aryl methyl sites for hydroxylation is 1. The highest BCUT2D eigenvalue weighted by Crippen LogP contribution is 2.35. The van der Waals surface area contributed by atoms with E-state index in [2.05, 4.69) is 0 Å². The number of carbonyl (C=O) groups is 1. The first-order valence-corrected chi connectivity index (χ1v) is 9.83. The first kappa shape index (κ1) is 18.4. The van der Waals surface area contributed by atoms with E-state index in [1.165, 1.54) is 0 Å². The summed E-state index contributed by atoms with van der Waals surface area (Å²) in [6.45, 7) is 2.75. The minimum Gasteiger partial charge on any atom is -0.485 e. The summed E-state index contributed by atoms with van der Waals surface area (Å²) >= 11 is 0. The van der Waals surface area contributed by atoms with Crippen LogP contribution in [0, 0.1) is 6.92 Å². The van der Waals surface area contributed by atoms with Gasteiger partial charge in [0.1, 0.15) is 6.61 Å². The van der Waals surface area contributed by atoms with Crippen LogP contribution >= 0.6 is 0 Å². The number of hydrogen-bond acceptors (Lipinski definition) is 5. The van der Waals surface area contributed by atoms with Crippen LogP contribution in [0.25, 0.3) is 0 Å². The van der Waals surface area contributed by atoms with Crippen LogP contribution in [-0.4, -0.2) is 25.4 Å². The second-order valence-electron chi connectivity index (χ2n) is 7.26. The number of nitrogens with zero attached hydrogens (tertiary/aromatic N) is 1. The average molecular weight is 403 g/mol. The van der Waals surface area contributed by atoms with Crippen LogP contribution in [0.2, 0.25) is 0 Å². The zero-order valence-electron chi connectivity index (χ0n) is 16.5. The molecule has 0 unspecified atom stereocenters. The van der Waals surface area contributed by atoms with Gasteiger partial charge >= 0.3 is 0 Å². The summed E-state index contributed by atoms with van der Waals surface area (Å²) in [5, 5.41) is 0.